The maximum Gasteiger partial charge on any atom is 0.188 e. The summed E-state index contributed by atoms with van der Waals surface area (Å²) in [7, 11) is 1.69. The van der Waals surface area contributed by atoms with Gasteiger partial charge < -0.3 is 20.7 Å². The average Bonchev–Trinajstić information content (AvgIpc) is 2.64. The zero-order valence-corrected chi connectivity index (χ0v) is 16.4. The second-order valence-electron chi connectivity index (χ2n) is 7.08. The Kier molecular flexibility index (Phi) is 9.45. The number of nitrogens with two attached hydrogens (primary N) is 1. The molecule has 146 valence electrons. The number of hydrogen-bond acceptors (Lipinski definition) is 4. The van der Waals surface area contributed by atoms with E-state index in [1.807, 2.05) is 6.92 Å². The van der Waals surface area contributed by atoms with Crippen LogP contribution in [-0.4, -0.2) is 74.8 Å². The number of methoxy groups -OCH3 is 1. The normalized spacial score (nSPS) is 18.0. The fourth-order valence-corrected chi connectivity index (χ4v) is 3.25. The third-order valence-corrected chi connectivity index (χ3v) is 4.69. The summed E-state index contributed by atoms with van der Waals surface area (Å²) in [6.45, 7) is 10.3. The Morgan fingerprint density at radius 3 is 2.54 bits per heavy atom. The van der Waals surface area contributed by atoms with E-state index in [4.69, 9.17) is 10.5 Å². The van der Waals surface area contributed by atoms with E-state index in [2.05, 4.69) is 50.4 Å². The van der Waals surface area contributed by atoms with Gasteiger partial charge in [-0.05, 0) is 31.9 Å². The van der Waals surface area contributed by atoms with Crippen LogP contribution >= 0.6 is 0 Å². The molecule has 1 aliphatic rings. The lowest BCUT2D eigenvalue weighted by Gasteiger charge is -2.34. The predicted molar refractivity (Wildman–Crippen MR) is 108 cm³/mol. The van der Waals surface area contributed by atoms with Crippen LogP contribution in [0.15, 0.2) is 35.3 Å². The Labute approximate surface area is 158 Å². The molecule has 1 saturated heterocycles. The molecule has 0 saturated carbocycles. The Hall–Kier alpha value is -1.63. The third-order valence-electron chi connectivity index (χ3n) is 4.69. The standard InChI is InChI=1S/C20H35N5O/c1-18(17-26-2)23-20(21)22-10-6-7-11-24-12-14-25(15-13-24)16-19-8-4-3-5-9-19/h3-5,8-9,18H,6-7,10-17H2,1-2H3,(H3,21,22,23). The van der Waals surface area contributed by atoms with Gasteiger partial charge in [0.05, 0.1) is 6.61 Å². The third kappa shape index (κ3) is 8.17. The molecule has 0 radical (unpaired) electrons. The number of guanidine groups is 1. The number of hydrogen-bond donors (Lipinski definition) is 2. The van der Waals surface area contributed by atoms with Gasteiger partial charge in [-0.2, -0.15) is 0 Å². The quantitative estimate of drug-likeness (QED) is 0.376. The van der Waals surface area contributed by atoms with E-state index >= 15 is 0 Å². The number of unbranched alkanes of at least 4 members (excludes halogenated alkanes) is 1. The van der Waals surface area contributed by atoms with Crippen LogP contribution in [-0.2, 0) is 11.3 Å². The summed E-state index contributed by atoms with van der Waals surface area (Å²) in [5.74, 6) is 0.518. The van der Waals surface area contributed by atoms with Gasteiger partial charge in [-0.1, -0.05) is 30.3 Å². The highest BCUT2D eigenvalue weighted by Gasteiger charge is 2.16. The molecule has 1 aromatic carbocycles. The van der Waals surface area contributed by atoms with E-state index in [0.29, 0.717) is 12.6 Å². The van der Waals surface area contributed by atoms with Crippen molar-refractivity contribution >= 4 is 5.96 Å². The number of nitrogens with zero attached hydrogens (tertiary/aromatic N) is 3. The molecule has 1 fully saturated rings. The number of aliphatic imine (C=N–C) groups is 1. The highest BCUT2D eigenvalue weighted by Crippen LogP contribution is 2.09. The van der Waals surface area contributed by atoms with Crippen LogP contribution in [0.1, 0.15) is 25.3 Å². The van der Waals surface area contributed by atoms with Crippen molar-refractivity contribution in [2.45, 2.75) is 32.4 Å². The first kappa shape index (κ1) is 20.7. The molecule has 1 aliphatic heterocycles. The van der Waals surface area contributed by atoms with Crippen LogP contribution in [0.4, 0.5) is 0 Å². The maximum absolute atomic E-state index is 5.88. The molecule has 1 heterocycles. The van der Waals surface area contributed by atoms with Crippen molar-refractivity contribution in [2.24, 2.45) is 10.7 Å². The summed E-state index contributed by atoms with van der Waals surface area (Å²) in [4.78, 5) is 9.50. The van der Waals surface area contributed by atoms with Gasteiger partial charge in [0.25, 0.3) is 0 Å². The van der Waals surface area contributed by atoms with E-state index in [1.165, 1.54) is 12.0 Å². The number of benzene rings is 1. The van der Waals surface area contributed by atoms with Crippen LogP contribution in [0, 0.1) is 0 Å². The smallest absolute Gasteiger partial charge is 0.188 e. The van der Waals surface area contributed by atoms with Gasteiger partial charge >= 0.3 is 0 Å². The molecule has 0 aromatic heterocycles. The summed E-state index contributed by atoms with van der Waals surface area (Å²) in [5, 5.41) is 3.13. The molecule has 1 atom stereocenters. The average molecular weight is 362 g/mol. The lowest BCUT2D eigenvalue weighted by atomic mass is 10.2. The number of nitrogens with one attached hydrogen (secondary N) is 1. The SMILES string of the molecule is COCC(C)NC(N)=NCCCCN1CCN(Cc2ccccc2)CC1. The molecule has 0 bridgehead atoms. The molecule has 6 nitrogen and oxygen atoms in total. The fourth-order valence-electron chi connectivity index (χ4n) is 3.25. The minimum absolute atomic E-state index is 0.191. The van der Waals surface area contributed by atoms with Crippen LogP contribution in [0.3, 0.4) is 0 Å². The van der Waals surface area contributed by atoms with Crippen LogP contribution in [0.2, 0.25) is 0 Å². The van der Waals surface area contributed by atoms with Crippen LogP contribution in [0.5, 0.6) is 0 Å². The summed E-state index contributed by atoms with van der Waals surface area (Å²) < 4.78 is 5.07. The Morgan fingerprint density at radius 1 is 1.15 bits per heavy atom. The van der Waals surface area contributed by atoms with E-state index in [9.17, 15) is 0 Å². The van der Waals surface area contributed by atoms with Crippen molar-refractivity contribution < 1.29 is 4.74 Å². The Morgan fingerprint density at radius 2 is 1.85 bits per heavy atom. The molecule has 0 spiro atoms. The van der Waals surface area contributed by atoms with Crippen molar-refractivity contribution in [3.05, 3.63) is 35.9 Å². The highest BCUT2D eigenvalue weighted by molar-refractivity contribution is 5.78. The molecule has 1 aromatic rings. The topological polar surface area (TPSA) is 66.1 Å². The van der Waals surface area contributed by atoms with E-state index < -0.39 is 0 Å². The lowest BCUT2D eigenvalue weighted by molar-refractivity contribution is 0.126. The van der Waals surface area contributed by atoms with Gasteiger partial charge in [0.15, 0.2) is 5.96 Å². The summed E-state index contributed by atoms with van der Waals surface area (Å²) >= 11 is 0. The zero-order valence-electron chi connectivity index (χ0n) is 16.4. The first-order valence-corrected chi connectivity index (χ1v) is 9.71. The van der Waals surface area contributed by atoms with Crippen molar-refractivity contribution in [1.29, 1.82) is 0 Å². The summed E-state index contributed by atoms with van der Waals surface area (Å²) in [5.41, 5.74) is 7.28. The van der Waals surface area contributed by atoms with Gasteiger partial charge in [0.2, 0.25) is 0 Å². The largest absolute Gasteiger partial charge is 0.383 e. The van der Waals surface area contributed by atoms with Crippen LogP contribution in [0.25, 0.3) is 0 Å². The van der Waals surface area contributed by atoms with E-state index in [0.717, 1.165) is 52.2 Å². The number of ether oxygens (including phenoxy) is 1. The van der Waals surface area contributed by atoms with Crippen molar-refractivity contribution in [3.63, 3.8) is 0 Å². The van der Waals surface area contributed by atoms with Crippen molar-refractivity contribution in [1.82, 2.24) is 15.1 Å². The van der Waals surface area contributed by atoms with Gasteiger partial charge in [0.1, 0.15) is 0 Å². The molecule has 6 heteroatoms. The molecule has 1 unspecified atom stereocenters. The second-order valence-corrected chi connectivity index (χ2v) is 7.08. The van der Waals surface area contributed by atoms with Gasteiger partial charge in [-0.25, -0.2) is 0 Å². The molecule has 26 heavy (non-hydrogen) atoms. The van der Waals surface area contributed by atoms with E-state index in [-0.39, 0.29) is 6.04 Å². The molecule has 2 rings (SSSR count). The zero-order chi connectivity index (χ0) is 18.6. The van der Waals surface area contributed by atoms with Gasteiger partial charge in [0, 0.05) is 52.4 Å². The summed E-state index contributed by atoms with van der Waals surface area (Å²) in [6.07, 6.45) is 2.24. The second kappa shape index (κ2) is 11.9. The highest BCUT2D eigenvalue weighted by atomic mass is 16.5. The van der Waals surface area contributed by atoms with Crippen molar-refractivity contribution in [2.75, 3.05) is 53.0 Å². The minimum atomic E-state index is 0.191. The minimum Gasteiger partial charge on any atom is -0.383 e. The molecule has 0 amide bonds. The predicted octanol–water partition coefficient (Wildman–Crippen LogP) is 1.52. The van der Waals surface area contributed by atoms with Crippen LogP contribution < -0.4 is 11.1 Å². The lowest BCUT2D eigenvalue weighted by Crippen LogP contribution is -2.46. The monoisotopic (exact) mass is 361 g/mol. The Bertz CT molecular complexity index is 514. The molecular weight excluding hydrogens is 326 g/mol. The molecular formula is C20H35N5O. The van der Waals surface area contributed by atoms with Gasteiger partial charge in [-0.15, -0.1) is 0 Å². The molecule has 3 N–H and O–H groups in total. The van der Waals surface area contributed by atoms with Gasteiger partial charge in [-0.3, -0.25) is 9.89 Å². The first-order chi connectivity index (χ1) is 12.7. The fraction of sp³-hybridized carbons (Fsp3) is 0.650. The Balaban J connectivity index is 1.53. The molecule has 0 aliphatic carbocycles. The first-order valence-electron chi connectivity index (χ1n) is 9.71. The maximum atomic E-state index is 5.88. The van der Waals surface area contributed by atoms with E-state index in [1.54, 1.807) is 7.11 Å². The number of piperazine rings is 1. The summed E-state index contributed by atoms with van der Waals surface area (Å²) in [6, 6.07) is 10.9. The van der Waals surface area contributed by atoms with Crippen molar-refractivity contribution in [3.8, 4) is 0 Å². The number of rotatable bonds is 10.